The molecule has 0 aliphatic heterocycles. The molecule has 0 saturated carbocycles. The Kier molecular flexibility index (Phi) is 5.38. The highest BCUT2D eigenvalue weighted by Crippen LogP contribution is 2.35. The number of para-hydroxylation sites is 2. The number of fused-ring (bicyclic) bond motifs is 2. The predicted octanol–water partition coefficient (Wildman–Crippen LogP) is 2.81. The van der Waals surface area contributed by atoms with Crippen molar-refractivity contribution in [2.45, 2.75) is 0 Å². The lowest BCUT2D eigenvalue weighted by atomic mass is 10.1. The van der Waals surface area contributed by atoms with Crippen molar-refractivity contribution < 1.29 is 19.8 Å². The highest BCUT2D eigenvalue weighted by atomic mass is 79.9. The van der Waals surface area contributed by atoms with Crippen LogP contribution < -0.4 is 22.2 Å². The van der Waals surface area contributed by atoms with Crippen LogP contribution in [0.1, 0.15) is 20.7 Å². The first-order valence-electron chi connectivity index (χ1n) is 10.0. The van der Waals surface area contributed by atoms with Gasteiger partial charge in [-0.3, -0.25) is 19.2 Å². The normalized spacial score (nSPS) is 11.4. The van der Waals surface area contributed by atoms with Crippen LogP contribution in [-0.4, -0.2) is 31.3 Å². The number of rotatable bonds is 4. The number of nitrogens with zero attached hydrogens (tertiary/aromatic N) is 2. The number of carboxylic acids is 2. The van der Waals surface area contributed by atoms with Crippen LogP contribution in [0.25, 0.3) is 32.9 Å². The minimum absolute atomic E-state index is 0.141. The Morgan fingerprint density at radius 2 is 0.833 bits per heavy atom. The zero-order valence-corrected chi connectivity index (χ0v) is 20.8. The van der Waals surface area contributed by atoms with Crippen LogP contribution in [0.5, 0.6) is 0 Å². The van der Waals surface area contributed by atoms with Crippen molar-refractivity contribution in [1.29, 1.82) is 0 Å². The molecule has 0 bridgehead atoms. The molecule has 5 aromatic rings. The number of carbonyl (C=O) groups is 2. The Labute approximate surface area is 215 Å². The van der Waals surface area contributed by atoms with E-state index in [1.54, 1.807) is 0 Å². The van der Waals surface area contributed by atoms with Crippen LogP contribution in [0.3, 0.4) is 0 Å². The van der Waals surface area contributed by atoms with Crippen molar-refractivity contribution in [2.75, 3.05) is 0 Å². The first-order valence-corrected chi connectivity index (χ1v) is 11.6. The zero-order valence-electron chi connectivity index (χ0n) is 17.6. The van der Waals surface area contributed by atoms with Crippen molar-refractivity contribution in [3.8, 4) is 11.4 Å². The highest BCUT2D eigenvalue weighted by molar-refractivity contribution is 9.11. The van der Waals surface area contributed by atoms with Gasteiger partial charge in [-0.1, -0.05) is 24.3 Å². The Bertz CT molecular complexity index is 1790. The second-order valence-electron chi connectivity index (χ2n) is 7.66. The molecule has 3 aromatic carbocycles. The van der Waals surface area contributed by atoms with E-state index in [9.17, 15) is 39.0 Å². The fraction of sp³-hybridized carbons (Fsp3) is 0. The molecule has 2 heterocycles. The lowest BCUT2D eigenvalue weighted by Crippen LogP contribution is -2.26. The predicted molar refractivity (Wildman–Crippen MR) is 137 cm³/mol. The fourth-order valence-corrected chi connectivity index (χ4v) is 5.73. The van der Waals surface area contributed by atoms with Gasteiger partial charge in [-0.2, -0.15) is 0 Å². The molecule has 0 saturated heterocycles. The molecule has 0 aliphatic carbocycles. The average Bonchev–Trinajstić information content (AvgIpc) is 3.26. The summed E-state index contributed by atoms with van der Waals surface area (Å²) in [5.41, 5.74) is -4.54. The van der Waals surface area contributed by atoms with E-state index in [-0.39, 0.29) is 53.0 Å². The number of aromatic carboxylic acids is 2. The molecule has 178 valence electrons. The molecule has 5 rings (SSSR count). The topological polar surface area (TPSA) is 153 Å². The largest absolute Gasteiger partial charge is 0.478 e. The molecular formula is C24H10Br2N2O8. The van der Waals surface area contributed by atoms with Crippen LogP contribution in [-0.2, 0) is 0 Å². The number of carboxylic acid groups (broad SMARTS) is 2. The molecule has 0 radical (unpaired) electrons. The summed E-state index contributed by atoms with van der Waals surface area (Å²) < 4.78 is 1.06. The molecule has 12 heteroatoms. The van der Waals surface area contributed by atoms with Crippen molar-refractivity contribution in [1.82, 2.24) is 9.13 Å². The van der Waals surface area contributed by atoms with Gasteiger partial charge < -0.3 is 10.2 Å². The van der Waals surface area contributed by atoms with Crippen molar-refractivity contribution in [2.24, 2.45) is 0 Å². The van der Waals surface area contributed by atoms with Gasteiger partial charge >= 0.3 is 11.9 Å². The van der Waals surface area contributed by atoms with Gasteiger partial charge in [-0.15, -0.1) is 0 Å². The Balaban J connectivity index is 1.97. The maximum absolute atomic E-state index is 13.4. The first-order chi connectivity index (χ1) is 17.1. The second kappa shape index (κ2) is 8.21. The third kappa shape index (κ3) is 3.08. The first kappa shape index (κ1) is 23.6. The van der Waals surface area contributed by atoms with Crippen LogP contribution in [0, 0.1) is 0 Å². The molecular weight excluding hydrogens is 604 g/mol. The van der Waals surface area contributed by atoms with Gasteiger partial charge in [-0.25, -0.2) is 18.7 Å². The lowest BCUT2D eigenvalue weighted by molar-refractivity contribution is 0.0686. The SMILES string of the molecule is O=C(O)c1ccccc1-n1c(=O)c2c(Br)c3c(=O)n(-c4ccccc4C(=O)O)c(=O)c3c(Br)c2c1=O. The number of halogens is 2. The molecule has 36 heavy (non-hydrogen) atoms. The molecule has 10 nitrogen and oxygen atoms in total. The van der Waals surface area contributed by atoms with E-state index in [4.69, 9.17) is 0 Å². The lowest BCUT2D eigenvalue weighted by Gasteiger charge is -2.04. The fourth-order valence-electron chi connectivity index (χ4n) is 4.26. The quantitative estimate of drug-likeness (QED) is 0.314. The second-order valence-corrected chi connectivity index (χ2v) is 9.25. The van der Waals surface area contributed by atoms with Gasteiger partial charge in [0.25, 0.3) is 22.2 Å². The summed E-state index contributed by atoms with van der Waals surface area (Å²) in [5.74, 6) is -2.72. The molecule has 0 fully saturated rings. The molecule has 2 N–H and O–H groups in total. The van der Waals surface area contributed by atoms with Crippen molar-refractivity contribution in [3.63, 3.8) is 0 Å². The van der Waals surface area contributed by atoms with Gasteiger partial charge in [-0.05, 0) is 56.1 Å². The minimum atomic E-state index is -1.36. The van der Waals surface area contributed by atoms with E-state index < -0.39 is 34.2 Å². The van der Waals surface area contributed by atoms with Gasteiger partial charge in [0.15, 0.2) is 0 Å². The Morgan fingerprint density at radius 1 is 0.556 bits per heavy atom. The molecule has 0 atom stereocenters. The summed E-state index contributed by atoms with van der Waals surface area (Å²) in [6.45, 7) is 0. The number of hydrogen-bond acceptors (Lipinski definition) is 6. The Hall–Kier alpha value is -4.16. The molecule has 0 spiro atoms. The van der Waals surface area contributed by atoms with E-state index in [1.165, 1.54) is 48.5 Å². The summed E-state index contributed by atoms with van der Waals surface area (Å²) in [5, 5.41) is 18.1. The van der Waals surface area contributed by atoms with E-state index in [2.05, 4.69) is 31.9 Å². The van der Waals surface area contributed by atoms with Crippen LogP contribution in [0.15, 0.2) is 76.7 Å². The van der Waals surface area contributed by atoms with Crippen LogP contribution >= 0.6 is 31.9 Å². The zero-order chi connectivity index (χ0) is 26.0. The standard InChI is InChI=1S/C24H10Br2N2O8/c25-17-13-14(20(30)27(19(13)29)11-7-3-1-5-9(11)23(33)34)18(26)16-15(17)21(31)28(22(16)32)12-8-4-2-6-10(12)24(35)36/h1-8H,(H,33,34)(H,35,36). The summed E-state index contributed by atoms with van der Waals surface area (Å²) >= 11 is 6.39. The van der Waals surface area contributed by atoms with E-state index >= 15 is 0 Å². The number of aromatic nitrogens is 2. The van der Waals surface area contributed by atoms with E-state index in [1.807, 2.05) is 0 Å². The van der Waals surface area contributed by atoms with Gasteiger partial charge in [0, 0.05) is 8.95 Å². The van der Waals surface area contributed by atoms with Gasteiger partial charge in [0.2, 0.25) is 0 Å². The molecule has 2 aromatic heterocycles. The number of hydrogen-bond donors (Lipinski definition) is 2. The third-order valence-electron chi connectivity index (χ3n) is 5.80. The van der Waals surface area contributed by atoms with Crippen LogP contribution in [0.4, 0.5) is 0 Å². The summed E-state index contributed by atoms with van der Waals surface area (Å²) in [6.07, 6.45) is 0. The maximum Gasteiger partial charge on any atom is 0.337 e. The maximum atomic E-state index is 13.4. The highest BCUT2D eigenvalue weighted by Gasteiger charge is 2.29. The summed E-state index contributed by atoms with van der Waals surface area (Å²) in [7, 11) is 0. The number of benzene rings is 3. The smallest absolute Gasteiger partial charge is 0.337 e. The van der Waals surface area contributed by atoms with E-state index in [0.717, 1.165) is 0 Å². The van der Waals surface area contributed by atoms with Crippen molar-refractivity contribution >= 4 is 65.3 Å². The van der Waals surface area contributed by atoms with Gasteiger partial charge in [0.1, 0.15) is 0 Å². The molecule has 0 aliphatic rings. The summed E-state index contributed by atoms with van der Waals surface area (Å²) in [6, 6.07) is 10.8. The summed E-state index contributed by atoms with van der Waals surface area (Å²) in [4.78, 5) is 77.0. The average molecular weight is 614 g/mol. The Morgan fingerprint density at radius 3 is 1.11 bits per heavy atom. The van der Waals surface area contributed by atoms with E-state index in [0.29, 0.717) is 9.13 Å². The minimum Gasteiger partial charge on any atom is -0.478 e. The molecule has 0 unspecified atom stereocenters. The van der Waals surface area contributed by atoms with Gasteiger partial charge in [0.05, 0.1) is 44.0 Å². The monoisotopic (exact) mass is 612 g/mol. The molecule has 0 amide bonds. The van der Waals surface area contributed by atoms with Crippen LogP contribution in [0.2, 0.25) is 0 Å². The third-order valence-corrected chi connectivity index (χ3v) is 7.38. The van der Waals surface area contributed by atoms with Crippen molar-refractivity contribution in [3.05, 3.63) is 110 Å².